The molecule has 0 saturated carbocycles. The molecule has 2 heterocycles. The summed E-state index contributed by atoms with van der Waals surface area (Å²) in [5.74, 6) is 1.10. The number of likely N-dealkylation sites (tertiary alicyclic amines) is 1. The molecule has 2 aliphatic heterocycles. The number of carbonyl (C=O) groups is 2. The molecular weight excluding hydrogens is 368 g/mol. The lowest BCUT2D eigenvalue weighted by Gasteiger charge is -2.39. The summed E-state index contributed by atoms with van der Waals surface area (Å²) in [5, 5.41) is 2.81. The van der Waals surface area contributed by atoms with Crippen molar-refractivity contribution in [1.29, 1.82) is 0 Å². The molecule has 2 amide bonds. The topological polar surface area (TPSA) is 65.1 Å². The smallest absolute Gasteiger partial charge is 0.408 e. The molecule has 0 unspecified atom stereocenters. The van der Waals surface area contributed by atoms with Crippen LogP contribution in [0.2, 0.25) is 0 Å². The van der Waals surface area contributed by atoms with Gasteiger partial charge in [-0.3, -0.25) is 9.69 Å². The first-order valence-corrected chi connectivity index (χ1v) is 11.2. The number of piperidine rings is 1. The van der Waals surface area contributed by atoms with Crippen LogP contribution in [0.3, 0.4) is 0 Å². The first kappa shape index (κ1) is 23.9. The lowest BCUT2D eigenvalue weighted by Crippen LogP contribution is -2.56. The predicted molar refractivity (Wildman–Crippen MR) is 116 cm³/mol. The van der Waals surface area contributed by atoms with Crippen LogP contribution in [0.4, 0.5) is 4.79 Å². The van der Waals surface area contributed by atoms with E-state index in [-0.39, 0.29) is 5.91 Å². The van der Waals surface area contributed by atoms with Crippen LogP contribution in [0.25, 0.3) is 0 Å². The summed E-state index contributed by atoms with van der Waals surface area (Å²) in [7, 11) is 2.19. The molecule has 2 aliphatic rings. The van der Waals surface area contributed by atoms with Gasteiger partial charge < -0.3 is 19.9 Å². The van der Waals surface area contributed by atoms with Crippen LogP contribution in [0.1, 0.15) is 53.9 Å². The number of hydrogen-bond acceptors (Lipinski definition) is 5. The summed E-state index contributed by atoms with van der Waals surface area (Å²) in [5.41, 5.74) is -0.574. The number of nitrogens with one attached hydrogen (secondary N) is 1. The molecule has 0 aromatic rings. The minimum Gasteiger partial charge on any atom is -0.444 e. The Hall–Kier alpha value is -1.34. The Morgan fingerprint density at radius 3 is 2.14 bits per heavy atom. The van der Waals surface area contributed by atoms with Crippen LogP contribution in [-0.4, -0.2) is 91.2 Å². The molecule has 29 heavy (non-hydrogen) atoms. The Kier molecular flexibility index (Phi) is 8.76. The summed E-state index contributed by atoms with van der Waals surface area (Å²) in [6.45, 7) is 16.4. The number of nitrogens with zero attached hydrogens (tertiary/aromatic N) is 3. The zero-order chi connectivity index (χ0) is 21.6. The molecule has 0 spiro atoms. The average molecular weight is 411 g/mol. The van der Waals surface area contributed by atoms with Gasteiger partial charge in [0.2, 0.25) is 5.91 Å². The standard InChI is InChI=1S/C22H42N4O3/c1-17(2)15-19(23-21(28)29-22(3,4)5)20(27)26-13-11-25(12-14-26)16-18-7-9-24(6)10-8-18/h17-19H,7-16H2,1-6H3,(H,23,28)/t19-/m0/s1. The highest BCUT2D eigenvalue weighted by atomic mass is 16.6. The maximum Gasteiger partial charge on any atom is 0.408 e. The zero-order valence-electron chi connectivity index (χ0n) is 19.4. The van der Waals surface area contributed by atoms with Gasteiger partial charge in [-0.05, 0) is 72.0 Å². The maximum absolute atomic E-state index is 13.1. The van der Waals surface area contributed by atoms with Crippen molar-refractivity contribution in [3.63, 3.8) is 0 Å². The quantitative estimate of drug-likeness (QED) is 0.728. The zero-order valence-corrected chi connectivity index (χ0v) is 19.4. The predicted octanol–water partition coefficient (Wildman–Crippen LogP) is 2.41. The number of rotatable bonds is 6. The fourth-order valence-corrected chi connectivity index (χ4v) is 4.12. The highest BCUT2D eigenvalue weighted by molar-refractivity contribution is 5.85. The normalized spacial score (nSPS) is 21.3. The molecule has 0 aliphatic carbocycles. The molecule has 7 heteroatoms. The van der Waals surface area contributed by atoms with Gasteiger partial charge in [-0.15, -0.1) is 0 Å². The molecule has 0 radical (unpaired) electrons. The second-order valence-electron chi connectivity index (χ2n) is 10.2. The van der Waals surface area contributed by atoms with Gasteiger partial charge in [-0.25, -0.2) is 4.79 Å². The van der Waals surface area contributed by atoms with Gasteiger partial charge >= 0.3 is 6.09 Å². The molecule has 0 aromatic carbocycles. The minimum absolute atomic E-state index is 0.0171. The Morgan fingerprint density at radius 2 is 1.62 bits per heavy atom. The largest absolute Gasteiger partial charge is 0.444 e. The number of piperazine rings is 1. The van der Waals surface area contributed by atoms with Gasteiger partial charge in [0.1, 0.15) is 11.6 Å². The molecule has 1 N–H and O–H groups in total. The summed E-state index contributed by atoms with van der Waals surface area (Å²) in [4.78, 5) is 32.1. The molecular formula is C22H42N4O3. The van der Waals surface area contributed by atoms with Crippen molar-refractivity contribution in [2.45, 2.75) is 65.5 Å². The minimum atomic E-state index is -0.574. The van der Waals surface area contributed by atoms with E-state index in [0.717, 1.165) is 38.6 Å². The van der Waals surface area contributed by atoms with E-state index in [4.69, 9.17) is 4.74 Å². The lowest BCUT2D eigenvalue weighted by molar-refractivity contribution is -0.135. The van der Waals surface area contributed by atoms with Crippen LogP contribution in [-0.2, 0) is 9.53 Å². The average Bonchev–Trinajstić information content (AvgIpc) is 2.61. The van der Waals surface area contributed by atoms with Gasteiger partial charge in [-0.2, -0.15) is 0 Å². The van der Waals surface area contributed by atoms with Gasteiger partial charge in [-0.1, -0.05) is 13.8 Å². The van der Waals surface area contributed by atoms with Crippen LogP contribution in [0, 0.1) is 11.8 Å². The third-order valence-electron chi connectivity index (χ3n) is 5.73. The molecule has 0 bridgehead atoms. The van der Waals surface area contributed by atoms with Crippen molar-refractivity contribution in [2.75, 3.05) is 52.9 Å². The first-order valence-electron chi connectivity index (χ1n) is 11.2. The molecule has 2 fully saturated rings. The second-order valence-corrected chi connectivity index (χ2v) is 10.2. The van der Waals surface area contributed by atoms with Crippen LogP contribution < -0.4 is 5.32 Å². The van der Waals surface area contributed by atoms with Gasteiger partial charge in [0.15, 0.2) is 0 Å². The van der Waals surface area contributed by atoms with Gasteiger partial charge in [0.25, 0.3) is 0 Å². The maximum atomic E-state index is 13.1. The summed E-state index contributed by atoms with van der Waals surface area (Å²) >= 11 is 0. The third kappa shape index (κ3) is 8.51. The van der Waals surface area contributed by atoms with Gasteiger partial charge in [0, 0.05) is 32.7 Å². The van der Waals surface area contributed by atoms with E-state index >= 15 is 0 Å². The Bertz CT molecular complexity index is 531. The fourth-order valence-electron chi connectivity index (χ4n) is 4.12. The van der Waals surface area contributed by atoms with E-state index in [9.17, 15) is 9.59 Å². The Balaban J connectivity index is 1.84. The molecule has 7 nitrogen and oxygen atoms in total. The number of carbonyl (C=O) groups excluding carboxylic acids is 2. The first-order chi connectivity index (χ1) is 13.5. The highest BCUT2D eigenvalue weighted by Crippen LogP contribution is 2.19. The van der Waals surface area contributed by atoms with Crippen molar-refractivity contribution in [3.05, 3.63) is 0 Å². The van der Waals surface area contributed by atoms with E-state index in [2.05, 4.69) is 36.0 Å². The highest BCUT2D eigenvalue weighted by Gasteiger charge is 2.31. The Morgan fingerprint density at radius 1 is 1.03 bits per heavy atom. The van der Waals surface area contributed by atoms with E-state index in [0.29, 0.717) is 12.3 Å². The van der Waals surface area contributed by atoms with Crippen LogP contribution in [0.5, 0.6) is 0 Å². The molecule has 168 valence electrons. The Labute approximate surface area is 177 Å². The van der Waals surface area contributed by atoms with E-state index in [1.807, 2.05) is 25.7 Å². The van der Waals surface area contributed by atoms with Crippen molar-refractivity contribution < 1.29 is 14.3 Å². The van der Waals surface area contributed by atoms with Crippen molar-refractivity contribution in [1.82, 2.24) is 20.0 Å². The lowest BCUT2D eigenvalue weighted by atomic mass is 9.96. The number of hydrogen-bond donors (Lipinski definition) is 1. The van der Waals surface area contributed by atoms with E-state index < -0.39 is 17.7 Å². The molecule has 0 aromatic heterocycles. The number of ether oxygens (including phenoxy) is 1. The monoisotopic (exact) mass is 410 g/mol. The third-order valence-corrected chi connectivity index (χ3v) is 5.73. The van der Waals surface area contributed by atoms with E-state index in [1.165, 1.54) is 25.9 Å². The fraction of sp³-hybridized carbons (Fsp3) is 0.909. The van der Waals surface area contributed by atoms with E-state index in [1.54, 1.807) is 0 Å². The van der Waals surface area contributed by atoms with Crippen LogP contribution in [0.15, 0.2) is 0 Å². The van der Waals surface area contributed by atoms with Gasteiger partial charge in [0.05, 0.1) is 0 Å². The molecule has 2 saturated heterocycles. The number of alkyl carbamates (subject to hydrolysis) is 1. The van der Waals surface area contributed by atoms with Crippen molar-refractivity contribution in [3.8, 4) is 0 Å². The molecule has 2 rings (SSSR count). The number of amides is 2. The summed E-state index contributed by atoms with van der Waals surface area (Å²) in [6.07, 6.45) is 2.64. The summed E-state index contributed by atoms with van der Waals surface area (Å²) < 4.78 is 5.36. The SMILES string of the molecule is CC(C)C[C@H](NC(=O)OC(C)(C)C)C(=O)N1CCN(CC2CCN(C)CC2)CC1. The van der Waals surface area contributed by atoms with Crippen molar-refractivity contribution >= 4 is 12.0 Å². The van der Waals surface area contributed by atoms with Crippen LogP contribution >= 0.6 is 0 Å². The molecule has 1 atom stereocenters. The van der Waals surface area contributed by atoms with Crippen molar-refractivity contribution in [2.24, 2.45) is 11.8 Å². The summed E-state index contributed by atoms with van der Waals surface area (Å²) in [6, 6.07) is -0.523. The second kappa shape index (κ2) is 10.6.